The number of benzene rings is 1. The van der Waals surface area contributed by atoms with Crippen LogP contribution in [-0.4, -0.2) is 16.1 Å². The lowest BCUT2D eigenvalue weighted by atomic mass is 10.1. The molecule has 2 N–H and O–H groups in total. The summed E-state index contributed by atoms with van der Waals surface area (Å²) in [4.78, 5) is 4.61. The molecule has 0 bridgehead atoms. The Morgan fingerprint density at radius 2 is 2.06 bits per heavy atom. The molecule has 0 aliphatic rings. The van der Waals surface area contributed by atoms with Crippen molar-refractivity contribution in [2.75, 3.05) is 6.54 Å². The summed E-state index contributed by atoms with van der Waals surface area (Å²) in [6.07, 6.45) is 2.88. The number of hydrogen-bond donors (Lipinski definition) is 1. The fourth-order valence-electron chi connectivity index (χ4n) is 1.87. The molecule has 1 aromatic heterocycles. The lowest BCUT2D eigenvalue weighted by Gasteiger charge is -2.04. The molecule has 0 unspecified atom stereocenters. The van der Waals surface area contributed by atoms with Crippen molar-refractivity contribution in [3.05, 3.63) is 41.7 Å². The molecule has 0 aliphatic carbocycles. The second-order valence-corrected chi connectivity index (χ2v) is 4.02. The second kappa shape index (κ2) is 4.49. The van der Waals surface area contributed by atoms with Gasteiger partial charge < -0.3 is 10.3 Å². The molecule has 0 radical (unpaired) electrons. The van der Waals surface area contributed by atoms with Crippen molar-refractivity contribution in [2.45, 2.75) is 13.3 Å². The molecule has 1 aromatic carbocycles. The molecule has 0 saturated heterocycles. The first-order valence-corrected chi connectivity index (χ1v) is 5.50. The van der Waals surface area contributed by atoms with Crippen molar-refractivity contribution >= 4 is 0 Å². The Labute approximate surface area is 95.9 Å². The maximum atomic E-state index is 5.54. The van der Waals surface area contributed by atoms with Crippen molar-refractivity contribution < 1.29 is 0 Å². The third-order valence-corrected chi connectivity index (χ3v) is 2.71. The van der Waals surface area contributed by atoms with Gasteiger partial charge >= 0.3 is 0 Å². The van der Waals surface area contributed by atoms with Gasteiger partial charge in [0.25, 0.3) is 0 Å². The van der Waals surface area contributed by atoms with Crippen LogP contribution in [0.1, 0.15) is 11.3 Å². The Morgan fingerprint density at radius 3 is 2.75 bits per heavy atom. The van der Waals surface area contributed by atoms with E-state index in [2.05, 4.69) is 34.8 Å². The molecule has 2 aromatic rings. The standard InChI is InChI=1S/C13H17N3/c1-10-5-3-4-6-12(10)13-15-11(7-8-14)9-16(13)2/h3-6,9H,7-8,14H2,1-2H3. The van der Waals surface area contributed by atoms with Crippen LogP contribution in [0.15, 0.2) is 30.5 Å². The second-order valence-electron chi connectivity index (χ2n) is 4.02. The third kappa shape index (κ3) is 1.99. The number of hydrogen-bond acceptors (Lipinski definition) is 2. The van der Waals surface area contributed by atoms with E-state index in [0.717, 1.165) is 17.9 Å². The topological polar surface area (TPSA) is 43.8 Å². The smallest absolute Gasteiger partial charge is 0.140 e. The number of imidazole rings is 1. The van der Waals surface area contributed by atoms with Crippen molar-refractivity contribution in [1.82, 2.24) is 9.55 Å². The highest BCUT2D eigenvalue weighted by Gasteiger charge is 2.08. The number of nitrogens with zero attached hydrogens (tertiary/aromatic N) is 2. The molecule has 0 aliphatic heterocycles. The van der Waals surface area contributed by atoms with Crippen LogP contribution in [0.2, 0.25) is 0 Å². The highest BCUT2D eigenvalue weighted by Crippen LogP contribution is 2.21. The summed E-state index contributed by atoms with van der Waals surface area (Å²) in [5, 5.41) is 0. The monoisotopic (exact) mass is 215 g/mol. The molecule has 2 rings (SSSR count). The molecule has 0 fully saturated rings. The van der Waals surface area contributed by atoms with E-state index in [1.165, 1.54) is 11.1 Å². The van der Waals surface area contributed by atoms with E-state index in [1.807, 2.05) is 19.2 Å². The van der Waals surface area contributed by atoms with E-state index >= 15 is 0 Å². The van der Waals surface area contributed by atoms with Gasteiger partial charge in [0.2, 0.25) is 0 Å². The van der Waals surface area contributed by atoms with E-state index in [1.54, 1.807) is 0 Å². The van der Waals surface area contributed by atoms with Crippen LogP contribution in [0.25, 0.3) is 11.4 Å². The van der Waals surface area contributed by atoms with Crippen LogP contribution in [0.3, 0.4) is 0 Å². The van der Waals surface area contributed by atoms with Gasteiger partial charge in [0.15, 0.2) is 0 Å². The van der Waals surface area contributed by atoms with Crippen LogP contribution in [0.5, 0.6) is 0 Å². The van der Waals surface area contributed by atoms with Crippen molar-refractivity contribution in [3.63, 3.8) is 0 Å². The zero-order chi connectivity index (χ0) is 11.5. The molecular formula is C13H17N3. The molecule has 3 nitrogen and oxygen atoms in total. The Balaban J connectivity index is 2.44. The molecule has 0 saturated carbocycles. The highest BCUT2D eigenvalue weighted by atomic mass is 15.0. The number of aromatic nitrogens is 2. The van der Waals surface area contributed by atoms with Crippen molar-refractivity contribution in [2.24, 2.45) is 12.8 Å². The van der Waals surface area contributed by atoms with Gasteiger partial charge in [-0.15, -0.1) is 0 Å². The molecule has 0 atom stereocenters. The minimum atomic E-state index is 0.643. The van der Waals surface area contributed by atoms with Crippen molar-refractivity contribution in [1.29, 1.82) is 0 Å². The maximum Gasteiger partial charge on any atom is 0.140 e. The first-order chi connectivity index (χ1) is 7.72. The Morgan fingerprint density at radius 1 is 1.31 bits per heavy atom. The van der Waals surface area contributed by atoms with Gasteiger partial charge in [0.1, 0.15) is 5.82 Å². The van der Waals surface area contributed by atoms with Gasteiger partial charge in [0.05, 0.1) is 5.69 Å². The summed E-state index contributed by atoms with van der Waals surface area (Å²) < 4.78 is 2.06. The fourth-order valence-corrected chi connectivity index (χ4v) is 1.87. The summed E-state index contributed by atoms with van der Waals surface area (Å²) in [6.45, 7) is 2.75. The van der Waals surface area contributed by atoms with Gasteiger partial charge in [-0.3, -0.25) is 0 Å². The number of rotatable bonds is 3. The van der Waals surface area contributed by atoms with Crippen LogP contribution in [-0.2, 0) is 13.5 Å². The molecule has 1 heterocycles. The van der Waals surface area contributed by atoms with Gasteiger partial charge in [-0.1, -0.05) is 24.3 Å². The maximum absolute atomic E-state index is 5.54. The summed E-state index contributed by atoms with van der Waals surface area (Å²) in [6, 6.07) is 8.29. The summed E-state index contributed by atoms with van der Waals surface area (Å²) in [5.41, 5.74) is 9.03. The van der Waals surface area contributed by atoms with Gasteiger partial charge in [-0.2, -0.15) is 0 Å². The number of nitrogens with two attached hydrogens (primary N) is 1. The van der Waals surface area contributed by atoms with Gasteiger partial charge in [-0.25, -0.2) is 4.98 Å². The molecule has 3 heteroatoms. The Kier molecular flexibility index (Phi) is 3.06. The third-order valence-electron chi connectivity index (χ3n) is 2.71. The van der Waals surface area contributed by atoms with E-state index < -0.39 is 0 Å². The molecule has 84 valence electrons. The average Bonchev–Trinajstić information content (AvgIpc) is 2.61. The molecule has 16 heavy (non-hydrogen) atoms. The predicted molar refractivity (Wildman–Crippen MR) is 66.1 cm³/mol. The SMILES string of the molecule is Cc1ccccc1-c1nc(CCN)cn1C. The molecule has 0 amide bonds. The van der Waals surface area contributed by atoms with E-state index in [4.69, 9.17) is 5.73 Å². The summed E-state index contributed by atoms with van der Waals surface area (Å²) in [7, 11) is 2.02. The zero-order valence-electron chi connectivity index (χ0n) is 9.77. The van der Waals surface area contributed by atoms with Gasteiger partial charge in [0, 0.05) is 25.2 Å². The van der Waals surface area contributed by atoms with Crippen LogP contribution in [0, 0.1) is 6.92 Å². The van der Waals surface area contributed by atoms with E-state index in [-0.39, 0.29) is 0 Å². The van der Waals surface area contributed by atoms with Crippen LogP contribution >= 0.6 is 0 Å². The minimum absolute atomic E-state index is 0.643. The van der Waals surface area contributed by atoms with E-state index in [9.17, 15) is 0 Å². The molecular weight excluding hydrogens is 198 g/mol. The first-order valence-electron chi connectivity index (χ1n) is 5.50. The van der Waals surface area contributed by atoms with E-state index in [0.29, 0.717) is 6.54 Å². The fraction of sp³-hybridized carbons (Fsp3) is 0.308. The lowest BCUT2D eigenvalue weighted by Crippen LogP contribution is -2.02. The van der Waals surface area contributed by atoms with Crippen LogP contribution < -0.4 is 5.73 Å². The molecule has 0 spiro atoms. The summed E-state index contributed by atoms with van der Waals surface area (Å²) in [5.74, 6) is 1.02. The normalized spacial score (nSPS) is 10.7. The van der Waals surface area contributed by atoms with Gasteiger partial charge in [-0.05, 0) is 19.0 Å². The first kappa shape index (κ1) is 10.9. The average molecular weight is 215 g/mol. The Hall–Kier alpha value is -1.61. The minimum Gasteiger partial charge on any atom is -0.334 e. The van der Waals surface area contributed by atoms with Crippen molar-refractivity contribution in [3.8, 4) is 11.4 Å². The lowest BCUT2D eigenvalue weighted by molar-refractivity contribution is 0.912. The summed E-state index contributed by atoms with van der Waals surface area (Å²) >= 11 is 0. The predicted octanol–water partition coefficient (Wildman–Crippen LogP) is 1.90. The Bertz CT molecular complexity index is 486. The highest BCUT2D eigenvalue weighted by molar-refractivity contribution is 5.60. The number of aryl methyl sites for hydroxylation is 2. The largest absolute Gasteiger partial charge is 0.334 e. The van der Waals surface area contributed by atoms with Crippen LogP contribution in [0.4, 0.5) is 0 Å². The quantitative estimate of drug-likeness (QED) is 0.849. The zero-order valence-corrected chi connectivity index (χ0v) is 9.77.